The number of imidazole rings is 1. The van der Waals surface area contributed by atoms with Crippen molar-refractivity contribution in [2.45, 2.75) is 36.8 Å². The topological polar surface area (TPSA) is 43.6 Å². The highest BCUT2D eigenvalue weighted by atomic mass is 32.2. The first-order valence-corrected chi connectivity index (χ1v) is 9.73. The molecule has 9 heteroatoms. The zero-order chi connectivity index (χ0) is 17.8. The van der Waals surface area contributed by atoms with Gasteiger partial charge < -0.3 is 4.57 Å². The lowest BCUT2D eigenvalue weighted by molar-refractivity contribution is -0.141. The van der Waals surface area contributed by atoms with Gasteiger partial charge in [0.1, 0.15) is 5.52 Å². The maximum Gasteiger partial charge on any atom is 0.435 e. The molecule has 1 aliphatic rings. The summed E-state index contributed by atoms with van der Waals surface area (Å²) in [6.07, 6.45) is -2.11. The first kappa shape index (κ1) is 16.8. The van der Waals surface area contributed by atoms with Crippen LogP contribution in [0.5, 0.6) is 0 Å². The van der Waals surface area contributed by atoms with Gasteiger partial charge in [0.15, 0.2) is 17.2 Å². The fourth-order valence-electron chi connectivity index (χ4n) is 2.71. The number of thiophene rings is 1. The summed E-state index contributed by atoms with van der Waals surface area (Å²) in [4.78, 5) is 7.92. The number of thioether (sulfide) groups is 1. The molecule has 0 aromatic carbocycles. The third-order valence-electron chi connectivity index (χ3n) is 4.11. The minimum atomic E-state index is -4.52. The molecule has 3 heterocycles. The van der Waals surface area contributed by atoms with Crippen molar-refractivity contribution in [1.29, 1.82) is 0 Å². The Bertz CT molecular complexity index is 941. The van der Waals surface area contributed by atoms with E-state index in [1.807, 2.05) is 0 Å². The van der Waals surface area contributed by atoms with E-state index in [9.17, 15) is 13.2 Å². The largest absolute Gasteiger partial charge is 0.435 e. The number of halogens is 3. The van der Waals surface area contributed by atoms with Gasteiger partial charge in [-0.15, -0.1) is 33.3 Å². The molecule has 3 aromatic rings. The molecule has 0 spiro atoms. The van der Waals surface area contributed by atoms with E-state index in [1.165, 1.54) is 17.7 Å². The lowest BCUT2D eigenvalue weighted by Crippen LogP contribution is -2.09. The van der Waals surface area contributed by atoms with E-state index in [1.54, 1.807) is 34.7 Å². The molecule has 0 saturated heterocycles. The number of aryl methyl sites for hydroxylation is 1. The van der Waals surface area contributed by atoms with E-state index in [2.05, 4.69) is 28.2 Å². The fraction of sp³-hybridized carbons (Fsp3) is 0.438. The van der Waals surface area contributed by atoms with Gasteiger partial charge in [0.2, 0.25) is 0 Å². The first-order valence-electron chi connectivity index (χ1n) is 7.92. The standard InChI is InChI=1S/C16H15F3N4S2/c1-3-24-11-7-10(8-4-5-8)25-13(11)15-20-9-6-12(16(17,18)19)21-22-14(9)23(15)2/h6-8H,3-5H2,1-2H3. The molecule has 0 unspecified atom stereocenters. The van der Waals surface area contributed by atoms with Gasteiger partial charge in [-0.3, -0.25) is 0 Å². The van der Waals surface area contributed by atoms with Crippen LogP contribution in [-0.4, -0.2) is 25.5 Å². The number of hydrogen-bond acceptors (Lipinski definition) is 5. The number of fused-ring (bicyclic) bond motifs is 1. The SMILES string of the molecule is CCSc1cc(C2CC2)sc1-c1nc2cc(C(F)(F)F)nnc2n1C. The maximum absolute atomic E-state index is 12.9. The molecule has 4 rings (SSSR count). The van der Waals surface area contributed by atoms with Crippen molar-refractivity contribution < 1.29 is 13.2 Å². The molecule has 0 N–H and O–H groups in total. The summed E-state index contributed by atoms with van der Waals surface area (Å²) >= 11 is 3.42. The Kier molecular flexibility index (Phi) is 4.03. The molecule has 25 heavy (non-hydrogen) atoms. The maximum atomic E-state index is 12.9. The molecular formula is C16H15F3N4S2. The Morgan fingerprint density at radius 3 is 2.68 bits per heavy atom. The molecule has 0 bridgehead atoms. The smallest absolute Gasteiger partial charge is 0.310 e. The van der Waals surface area contributed by atoms with E-state index in [0.29, 0.717) is 17.4 Å². The predicted molar refractivity (Wildman–Crippen MR) is 93.0 cm³/mol. The van der Waals surface area contributed by atoms with E-state index in [-0.39, 0.29) is 5.52 Å². The number of aromatic nitrogens is 4. The molecule has 1 fully saturated rings. The lowest BCUT2D eigenvalue weighted by Gasteiger charge is -2.04. The molecule has 132 valence electrons. The molecule has 4 nitrogen and oxygen atoms in total. The van der Waals surface area contributed by atoms with E-state index < -0.39 is 11.9 Å². The zero-order valence-electron chi connectivity index (χ0n) is 13.6. The van der Waals surface area contributed by atoms with E-state index in [0.717, 1.165) is 21.6 Å². The van der Waals surface area contributed by atoms with Crippen molar-refractivity contribution >= 4 is 34.3 Å². The molecule has 0 radical (unpaired) electrons. The van der Waals surface area contributed by atoms with Gasteiger partial charge in [0.05, 0.1) is 4.88 Å². The number of nitrogens with zero attached hydrogens (tertiary/aromatic N) is 4. The van der Waals surface area contributed by atoms with Crippen molar-refractivity contribution in [3.8, 4) is 10.7 Å². The lowest BCUT2D eigenvalue weighted by atomic mass is 10.3. The van der Waals surface area contributed by atoms with Crippen LogP contribution in [-0.2, 0) is 13.2 Å². The monoisotopic (exact) mass is 384 g/mol. The summed E-state index contributed by atoms with van der Waals surface area (Å²) in [6.45, 7) is 2.08. The molecular weight excluding hydrogens is 369 g/mol. The molecule has 0 aliphatic heterocycles. The number of rotatable bonds is 4. The van der Waals surface area contributed by atoms with Crippen LogP contribution in [0.1, 0.15) is 36.3 Å². The van der Waals surface area contributed by atoms with Crippen LogP contribution in [0.3, 0.4) is 0 Å². The van der Waals surface area contributed by atoms with Crippen molar-refractivity contribution in [3.05, 3.63) is 22.7 Å². The van der Waals surface area contributed by atoms with Crippen molar-refractivity contribution in [2.24, 2.45) is 7.05 Å². The second kappa shape index (κ2) is 5.98. The highest BCUT2D eigenvalue weighted by Gasteiger charge is 2.34. The Balaban J connectivity index is 1.85. The van der Waals surface area contributed by atoms with Gasteiger partial charge >= 0.3 is 6.18 Å². The first-order chi connectivity index (χ1) is 11.9. The van der Waals surface area contributed by atoms with Gasteiger partial charge in [-0.05, 0) is 30.6 Å². The second-order valence-electron chi connectivity index (χ2n) is 5.98. The Morgan fingerprint density at radius 2 is 2.04 bits per heavy atom. The molecule has 1 aliphatic carbocycles. The summed E-state index contributed by atoms with van der Waals surface area (Å²) in [5.41, 5.74) is -0.442. The van der Waals surface area contributed by atoms with Crippen LogP contribution in [0.2, 0.25) is 0 Å². The van der Waals surface area contributed by atoms with Crippen LogP contribution < -0.4 is 0 Å². The summed E-state index contributed by atoms with van der Waals surface area (Å²) in [6, 6.07) is 3.17. The summed E-state index contributed by atoms with van der Waals surface area (Å²) in [5.74, 6) is 2.20. The van der Waals surface area contributed by atoms with Gasteiger partial charge in [-0.25, -0.2) is 4.98 Å². The summed E-state index contributed by atoms with van der Waals surface area (Å²) in [7, 11) is 1.77. The average molecular weight is 384 g/mol. The number of alkyl halides is 3. The van der Waals surface area contributed by atoms with Crippen molar-refractivity contribution in [2.75, 3.05) is 5.75 Å². The summed E-state index contributed by atoms with van der Waals surface area (Å²) in [5, 5.41) is 7.06. The average Bonchev–Trinajstić information content (AvgIpc) is 3.25. The predicted octanol–water partition coefficient (Wildman–Crippen LogP) is 5.10. The van der Waals surface area contributed by atoms with Crippen molar-refractivity contribution in [3.63, 3.8) is 0 Å². The van der Waals surface area contributed by atoms with Gasteiger partial charge in [0, 0.05) is 22.9 Å². The molecule has 3 aromatic heterocycles. The molecule has 1 saturated carbocycles. The quantitative estimate of drug-likeness (QED) is 0.587. The van der Waals surface area contributed by atoms with Crippen LogP contribution in [0.15, 0.2) is 17.0 Å². The van der Waals surface area contributed by atoms with E-state index in [4.69, 9.17) is 0 Å². The highest BCUT2D eigenvalue weighted by Crippen LogP contribution is 2.48. The number of hydrogen-bond donors (Lipinski definition) is 0. The second-order valence-corrected chi connectivity index (χ2v) is 8.37. The highest BCUT2D eigenvalue weighted by molar-refractivity contribution is 7.99. The third kappa shape index (κ3) is 3.03. The minimum absolute atomic E-state index is 0.216. The fourth-order valence-corrected chi connectivity index (χ4v) is 5.08. The molecule has 0 amide bonds. The normalized spacial score (nSPS) is 15.2. The van der Waals surface area contributed by atoms with Gasteiger partial charge in [-0.1, -0.05) is 6.92 Å². The van der Waals surface area contributed by atoms with Crippen LogP contribution in [0.4, 0.5) is 13.2 Å². The van der Waals surface area contributed by atoms with E-state index >= 15 is 0 Å². The summed E-state index contributed by atoms with van der Waals surface area (Å²) < 4.78 is 40.3. The van der Waals surface area contributed by atoms with Crippen LogP contribution >= 0.6 is 23.1 Å². The minimum Gasteiger partial charge on any atom is -0.310 e. The third-order valence-corrected chi connectivity index (χ3v) is 6.45. The van der Waals surface area contributed by atoms with Gasteiger partial charge in [0.25, 0.3) is 0 Å². The van der Waals surface area contributed by atoms with Crippen LogP contribution in [0, 0.1) is 0 Å². The van der Waals surface area contributed by atoms with Gasteiger partial charge in [-0.2, -0.15) is 13.2 Å². The zero-order valence-corrected chi connectivity index (χ0v) is 15.2. The van der Waals surface area contributed by atoms with Crippen LogP contribution in [0.25, 0.3) is 21.9 Å². The Morgan fingerprint density at radius 1 is 1.28 bits per heavy atom. The van der Waals surface area contributed by atoms with Crippen molar-refractivity contribution in [1.82, 2.24) is 19.7 Å². The Labute approximate surface area is 150 Å². The Hall–Kier alpha value is -1.61. The molecule has 0 atom stereocenters.